The van der Waals surface area contributed by atoms with E-state index in [2.05, 4.69) is 25.2 Å². The fraction of sp³-hybridized carbons (Fsp3) is 0.333. The van der Waals surface area contributed by atoms with E-state index in [1.807, 2.05) is 30.3 Å². The Hall–Kier alpha value is -1.25. The van der Waals surface area contributed by atoms with Gasteiger partial charge in [0.2, 0.25) is 0 Å². The van der Waals surface area contributed by atoms with Crippen molar-refractivity contribution in [3.8, 4) is 0 Å². The molecule has 96 valence electrons. The van der Waals surface area contributed by atoms with Crippen LogP contribution in [0.5, 0.6) is 0 Å². The number of halogens is 1. The maximum atomic E-state index is 5.98. The van der Waals surface area contributed by atoms with Crippen LogP contribution in [0.15, 0.2) is 40.8 Å². The molecular formula is C15H18ClNO. The number of nitrogens with one attached hydrogen (secondary N) is 1. The van der Waals surface area contributed by atoms with E-state index in [4.69, 9.17) is 16.0 Å². The third-order valence-electron chi connectivity index (χ3n) is 3.00. The van der Waals surface area contributed by atoms with Gasteiger partial charge in [0, 0.05) is 17.5 Å². The Morgan fingerprint density at radius 2 is 2.00 bits per heavy atom. The molecule has 0 saturated carbocycles. The van der Waals surface area contributed by atoms with Crippen molar-refractivity contribution in [1.29, 1.82) is 0 Å². The van der Waals surface area contributed by atoms with Gasteiger partial charge in [-0.1, -0.05) is 30.7 Å². The first-order valence-corrected chi connectivity index (χ1v) is 6.63. The predicted octanol–water partition coefficient (Wildman–Crippen LogP) is 4.35. The SMILES string of the molecule is CCc1ccc(CNC(C)c2cccc(Cl)c2)o1. The summed E-state index contributed by atoms with van der Waals surface area (Å²) in [5.41, 5.74) is 1.18. The minimum atomic E-state index is 0.249. The van der Waals surface area contributed by atoms with Crippen LogP contribution in [0.25, 0.3) is 0 Å². The Morgan fingerprint density at radius 1 is 1.22 bits per heavy atom. The van der Waals surface area contributed by atoms with Crippen LogP contribution in [0.2, 0.25) is 5.02 Å². The van der Waals surface area contributed by atoms with E-state index >= 15 is 0 Å². The van der Waals surface area contributed by atoms with Gasteiger partial charge in [-0.25, -0.2) is 0 Å². The van der Waals surface area contributed by atoms with Gasteiger partial charge in [0.05, 0.1) is 6.54 Å². The second-order valence-corrected chi connectivity index (χ2v) is 4.82. The summed E-state index contributed by atoms with van der Waals surface area (Å²) < 4.78 is 5.65. The summed E-state index contributed by atoms with van der Waals surface area (Å²) in [5, 5.41) is 4.20. The molecule has 0 spiro atoms. The predicted molar refractivity (Wildman–Crippen MR) is 74.8 cm³/mol. The molecule has 2 aromatic rings. The van der Waals surface area contributed by atoms with E-state index in [-0.39, 0.29) is 6.04 Å². The zero-order valence-corrected chi connectivity index (χ0v) is 11.5. The van der Waals surface area contributed by atoms with Crippen molar-refractivity contribution in [3.63, 3.8) is 0 Å². The Bertz CT molecular complexity index is 507. The van der Waals surface area contributed by atoms with E-state index in [9.17, 15) is 0 Å². The lowest BCUT2D eigenvalue weighted by molar-refractivity contribution is 0.435. The molecule has 0 saturated heterocycles. The number of benzene rings is 1. The van der Waals surface area contributed by atoms with Crippen molar-refractivity contribution in [2.75, 3.05) is 0 Å². The number of furan rings is 1. The first-order valence-electron chi connectivity index (χ1n) is 6.25. The van der Waals surface area contributed by atoms with Gasteiger partial charge in [-0.15, -0.1) is 0 Å². The first-order chi connectivity index (χ1) is 8.69. The average Bonchev–Trinajstić information content (AvgIpc) is 2.84. The lowest BCUT2D eigenvalue weighted by Gasteiger charge is -2.13. The highest BCUT2D eigenvalue weighted by atomic mass is 35.5. The minimum absolute atomic E-state index is 0.249. The van der Waals surface area contributed by atoms with Gasteiger partial charge in [0.15, 0.2) is 0 Å². The number of rotatable bonds is 5. The average molecular weight is 264 g/mol. The molecule has 0 radical (unpaired) electrons. The van der Waals surface area contributed by atoms with Crippen molar-refractivity contribution in [3.05, 3.63) is 58.5 Å². The van der Waals surface area contributed by atoms with Crippen LogP contribution in [0.4, 0.5) is 0 Å². The third kappa shape index (κ3) is 3.37. The molecule has 0 aliphatic carbocycles. The molecule has 1 atom stereocenters. The summed E-state index contributed by atoms with van der Waals surface area (Å²) in [6.45, 7) is 4.94. The zero-order valence-electron chi connectivity index (χ0n) is 10.7. The molecule has 0 fully saturated rings. The Balaban J connectivity index is 1.93. The summed E-state index contributed by atoms with van der Waals surface area (Å²) in [4.78, 5) is 0. The molecule has 2 nitrogen and oxygen atoms in total. The van der Waals surface area contributed by atoms with Gasteiger partial charge in [-0.2, -0.15) is 0 Å². The number of aryl methyl sites for hydroxylation is 1. The van der Waals surface area contributed by atoms with Crippen molar-refractivity contribution < 1.29 is 4.42 Å². The Morgan fingerprint density at radius 3 is 2.67 bits per heavy atom. The Labute approximate surface area is 113 Å². The highest BCUT2D eigenvalue weighted by Crippen LogP contribution is 2.18. The minimum Gasteiger partial charge on any atom is -0.465 e. The van der Waals surface area contributed by atoms with Gasteiger partial charge in [0.25, 0.3) is 0 Å². The van der Waals surface area contributed by atoms with Gasteiger partial charge < -0.3 is 9.73 Å². The lowest BCUT2D eigenvalue weighted by atomic mass is 10.1. The second kappa shape index (κ2) is 6.07. The molecular weight excluding hydrogens is 246 g/mol. The summed E-state index contributed by atoms with van der Waals surface area (Å²) in [6.07, 6.45) is 0.934. The highest BCUT2D eigenvalue weighted by Gasteiger charge is 2.07. The molecule has 0 aliphatic heterocycles. The summed E-state index contributed by atoms with van der Waals surface area (Å²) in [5.74, 6) is 2.00. The lowest BCUT2D eigenvalue weighted by Crippen LogP contribution is -2.17. The Kier molecular flexibility index (Phi) is 4.45. The topological polar surface area (TPSA) is 25.2 Å². The van der Waals surface area contributed by atoms with Gasteiger partial charge >= 0.3 is 0 Å². The maximum Gasteiger partial charge on any atom is 0.117 e. The fourth-order valence-corrected chi connectivity index (χ4v) is 2.05. The molecule has 3 heteroatoms. The van der Waals surface area contributed by atoms with Crippen molar-refractivity contribution in [1.82, 2.24) is 5.32 Å². The van der Waals surface area contributed by atoms with Gasteiger partial charge in [0.1, 0.15) is 11.5 Å². The van der Waals surface area contributed by atoms with E-state index in [0.717, 1.165) is 29.5 Å². The number of hydrogen-bond donors (Lipinski definition) is 1. The summed E-state index contributed by atoms with van der Waals surface area (Å²) in [7, 11) is 0. The second-order valence-electron chi connectivity index (χ2n) is 4.38. The van der Waals surface area contributed by atoms with Crippen LogP contribution < -0.4 is 5.32 Å². The standard InChI is InChI=1S/C15H18ClNO/c1-3-14-7-8-15(18-14)10-17-11(2)12-5-4-6-13(16)9-12/h4-9,11,17H,3,10H2,1-2H3. The van der Waals surface area contributed by atoms with Crippen molar-refractivity contribution >= 4 is 11.6 Å². The molecule has 1 unspecified atom stereocenters. The molecule has 1 aromatic carbocycles. The van der Waals surface area contributed by atoms with Crippen LogP contribution >= 0.6 is 11.6 Å². The molecule has 0 bridgehead atoms. The summed E-state index contributed by atoms with van der Waals surface area (Å²) >= 11 is 5.98. The quantitative estimate of drug-likeness (QED) is 0.868. The smallest absolute Gasteiger partial charge is 0.117 e. The first kappa shape index (κ1) is 13.2. The van der Waals surface area contributed by atoms with Crippen LogP contribution in [-0.2, 0) is 13.0 Å². The van der Waals surface area contributed by atoms with Crippen molar-refractivity contribution in [2.45, 2.75) is 32.9 Å². The van der Waals surface area contributed by atoms with E-state index in [1.54, 1.807) is 0 Å². The van der Waals surface area contributed by atoms with E-state index < -0.39 is 0 Å². The van der Waals surface area contributed by atoms with Crippen LogP contribution in [-0.4, -0.2) is 0 Å². The molecule has 1 aromatic heterocycles. The monoisotopic (exact) mass is 263 g/mol. The molecule has 1 heterocycles. The summed E-state index contributed by atoms with van der Waals surface area (Å²) in [6, 6.07) is 12.2. The third-order valence-corrected chi connectivity index (χ3v) is 3.23. The molecule has 0 amide bonds. The van der Waals surface area contributed by atoms with Crippen LogP contribution in [0.1, 0.15) is 37.0 Å². The zero-order chi connectivity index (χ0) is 13.0. The molecule has 1 N–H and O–H groups in total. The molecule has 2 rings (SSSR count). The van der Waals surface area contributed by atoms with E-state index in [1.165, 1.54) is 5.56 Å². The number of hydrogen-bond acceptors (Lipinski definition) is 2. The van der Waals surface area contributed by atoms with Gasteiger partial charge in [-0.3, -0.25) is 0 Å². The van der Waals surface area contributed by atoms with Crippen LogP contribution in [0, 0.1) is 0 Å². The normalized spacial score (nSPS) is 12.6. The van der Waals surface area contributed by atoms with Crippen molar-refractivity contribution in [2.24, 2.45) is 0 Å². The fourth-order valence-electron chi connectivity index (χ4n) is 1.85. The van der Waals surface area contributed by atoms with Crippen LogP contribution in [0.3, 0.4) is 0 Å². The largest absolute Gasteiger partial charge is 0.465 e. The maximum absolute atomic E-state index is 5.98. The highest BCUT2D eigenvalue weighted by molar-refractivity contribution is 6.30. The van der Waals surface area contributed by atoms with Gasteiger partial charge in [-0.05, 0) is 36.8 Å². The molecule has 18 heavy (non-hydrogen) atoms. The molecule has 0 aliphatic rings. The van der Waals surface area contributed by atoms with E-state index in [0.29, 0.717) is 0 Å².